The molecular weight excluding hydrogens is 292 g/mol. The van der Waals surface area contributed by atoms with Crippen LogP contribution in [-0.2, 0) is 4.74 Å². The molecule has 0 atom stereocenters. The van der Waals surface area contributed by atoms with Crippen molar-refractivity contribution in [3.05, 3.63) is 24.3 Å². The highest BCUT2D eigenvalue weighted by Crippen LogP contribution is 2.52. The van der Waals surface area contributed by atoms with Gasteiger partial charge in [0.2, 0.25) is 0 Å². The molecule has 0 radical (unpaired) electrons. The number of benzene rings is 1. The van der Waals surface area contributed by atoms with Gasteiger partial charge >= 0.3 is 0 Å². The molecule has 0 bridgehead atoms. The molecule has 2 N–H and O–H groups in total. The van der Waals surface area contributed by atoms with Gasteiger partial charge in [0.25, 0.3) is 0 Å². The predicted octanol–water partition coefficient (Wildman–Crippen LogP) is 3.05. The topological polar surface area (TPSA) is 49.7 Å². The number of aliphatic hydroxyl groups is 1. The third-order valence-corrected chi connectivity index (χ3v) is 9.04. The molecule has 2 rings (SSSR count). The molecule has 1 aliphatic rings. The highest BCUT2D eigenvalue weighted by Gasteiger charge is 2.29. The number of methoxy groups -OCH3 is 1. The summed E-state index contributed by atoms with van der Waals surface area (Å²) < 4.78 is 5.45. The van der Waals surface area contributed by atoms with Crippen LogP contribution in [0.1, 0.15) is 12.8 Å². The second-order valence-electron chi connectivity index (χ2n) is 5.32. The SMILES string of the molecule is COCS1(CCSc2ccc(O)cc2)CCC(O)CC1. The van der Waals surface area contributed by atoms with E-state index in [0.29, 0.717) is 5.75 Å². The van der Waals surface area contributed by atoms with Gasteiger partial charge in [0, 0.05) is 17.8 Å². The van der Waals surface area contributed by atoms with Crippen molar-refractivity contribution in [2.45, 2.75) is 23.8 Å². The Bertz CT molecular complexity index is 400. The van der Waals surface area contributed by atoms with Crippen LogP contribution in [0, 0.1) is 0 Å². The summed E-state index contributed by atoms with van der Waals surface area (Å²) in [6.07, 6.45) is 1.77. The zero-order chi connectivity index (χ0) is 14.4. The zero-order valence-corrected chi connectivity index (χ0v) is 13.6. The molecular formula is C15H24O3S2. The van der Waals surface area contributed by atoms with Gasteiger partial charge in [0.15, 0.2) is 0 Å². The van der Waals surface area contributed by atoms with Crippen LogP contribution in [0.4, 0.5) is 0 Å². The Kier molecular flexibility index (Phi) is 6.08. The van der Waals surface area contributed by atoms with Crippen molar-refractivity contribution in [1.29, 1.82) is 0 Å². The standard InChI is InChI=1S/C15H24O3S2/c1-18-12-20(9-6-14(17)7-10-20)11-8-19-15-4-2-13(16)3-5-15/h2-5,14,16-17H,6-12H2,1H3. The van der Waals surface area contributed by atoms with E-state index in [9.17, 15) is 10.2 Å². The van der Waals surface area contributed by atoms with Crippen LogP contribution >= 0.6 is 21.8 Å². The summed E-state index contributed by atoms with van der Waals surface area (Å²) in [6, 6.07) is 7.39. The molecule has 0 spiro atoms. The van der Waals surface area contributed by atoms with E-state index in [0.717, 1.165) is 36.0 Å². The second-order valence-corrected chi connectivity index (χ2v) is 10.4. The summed E-state index contributed by atoms with van der Waals surface area (Å²) >= 11 is 1.84. The summed E-state index contributed by atoms with van der Waals surface area (Å²) in [5, 5.41) is 19.0. The predicted molar refractivity (Wildman–Crippen MR) is 88.1 cm³/mol. The average molecular weight is 316 g/mol. The molecule has 1 saturated heterocycles. The third-order valence-electron chi connectivity index (χ3n) is 3.76. The Morgan fingerprint density at radius 2 is 1.90 bits per heavy atom. The van der Waals surface area contributed by atoms with Crippen molar-refractivity contribution >= 4 is 21.8 Å². The molecule has 1 aromatic rings. The van der Waals surface area contributed by atoms with Crippen molar-refractivity contribution in [3.63, 3.8) is 0 Å². The Morgan fingerprint density at radius 1 is 1.25 bits per heavy atom. The first kappa shape index (κ1) is 16.0. The van der Waals surface area contributed by atoms with Crippen molar-refractivity contribution < 1.29 is 14.9 Å². The van der Waals surface area contributed by atoms with E-state index in [1.54, 1.807) is 19.2 Å². The van der Waals surface area contributed by atoms with E-state index in [1.807, 2.05) is 23.9 Å². The largest absolute Gasteiger partial charge is 0.508 e. The lowest BCUT2D eigenvalue weighted by atomic mass is 10.2. The molecule has 1 fully saturated rings. The van der Waals surface area contributed by atoms with E-state index in [1.165, 1.54) is 10.6 Å². The Labute approximate surface area is 127 Å². The maximum Gasteiger partial charge on any atom is 0.115 e. The number of rotatable bonds is 6. The molecule has 1 heterocycles. The summed E-state index contributed by atoms with van der Waals surface area (Å²) in [7, 11) is 1.07. The maximum absolute atomic E-state index is 9.68. The maximum atomic E-state index is 9.68. The van der Waals surface area contributed by atoms with Gasteiger partial charge in [0.05, 0.1) is 12.0 Å². The molecule has 114 valence electrons. The van der Waals surface area contributed by atoms with Crippen LogP contribution in [0.25, 0.3) is 0 Å². The summed E-state index contributed by atoms with van der Waals surface area (Å²) in [5.74, 6) is 5.74. The van der Waals surface area contributed by atoms with Crippen molar-refractivity contribution in [1.82, 2.24) is 0 Å². The first-order valence-corrected chi connectivity index (χ1v) is 10.3. The molecule has 0 amide bonds. The van der Waals surface area contributed by atoms with Gasteiger partial charge < -0.3 is 14.9 Å². The van der Waals surface area contributed by atoms with Crippen molar-refractivity contribution in [2.75, 3.05) is 36.1 Å². The Balaban J connectivity index is 1.84. The molecule has 20 heavy (non-hydrogen) atoms. The number of aliphatic hydroxyl groups excluding tert-OH is 1. The highest BCUT2D eigenvalue weighted by molar-refractivity contribution is 8.33. The monoisotopic (exact) mass is 316 g/mol. The number of phenols is 1. The van der Waals surface area contributed by atoms with Crippen LogP contribution in [0.15, 0.2) is 29.2 Å². The van der Waals surface area contributed by atoms with Crippen LogP contribution in [0.5, 0.6) is 5.75 Å². The third kappa shape index (κ3) is 4.58. The lowest BCUT2D eigenvalue weighted by Gasteiger charge is -2.44. The Hall–Kier alpha value is -0.360. The van der Waals surface area contributed by atoms with E-state index in [4.69, 9.17) is 4.74 Å². The van der Waals surface area contributed by atoms with Crippen molar-refractivity contribution in [2.24, 2.45) is 0 Å². The van der Waals surface area contributed by atoms with Crippen molar-refractivity contribution in [3.8, 4) is 5.75 Å². The Morgan fingerprint density at radius 3 is 2.50 bits per heavy atom. The van der Waals surface area contributed by atoms with E-state index in [2.05, 4.69) is 0 Å². The minimum Gasteiger partial charge on any atom is -0.508 e. The second kappa shape index (κ2) is 7.59. The van der Waals surface area contributed by atoms with Gasteiger partial charge in [0.1, 0.15) is 5.75 Å². The van der Waals surface area contributed by atoms with Gasteiger partial charge in [-0.3, -0.25) is 0 Å². The molecule has 1 aliphatic heterocycles. The fourth-order valence-corrected chi connectivity index (χ4v) is 7.85. The minimum atomic E-state index is -0.711. The van der Waals surface area contributed by atoms with E-state index in [-0.39, 0.29) is 6.10 Å². The van der Waals surface area contributed by atoms with Gasteiger partial charge in [-0.2, -0.15) is 0 Å². The number of ether oxygens (including phenoxy) is 1. The van der Waals surface area contributed by atoms with Crippen LogP contribution < -0.4 is 0 Å². The highest BCUT2D eigenvalue weighted by atomic mass is 32.3. The molecule has 1 aromatic carbocycles. The molecule has 0 saturated carbocycles. The van der Waals surface area contributed by atoms with Crippen LogP contribution in [-0.4, -0.2) is 52.4 Å². The lowest BCUT2D eigenvalue weighted by molar-refractivity contribution is 0.163. The molecule has 3 nitrogen and oxygen atoms in total. The summed E-state index contributed by atoms with van der Waals surface area (Å²) in [6.45, 7) is 0. The number of hydrogen-bond donors (Lipinski definition) is 2. The summed E-state index contributed by atoms with van der Waals surface area (Å²) in [5.41, 5.74) is 0. The average Bonchev–Trinajstić information content (AvgIpc) is 2.45. The first-order chi connectivity index (χ1) is 9.63. The van der Waals surface area contributed by atoms with Gasteiger partial charge in [-0.15, -0.1) is 11.8 Å². The molecule has 0 aliphatic carbocycles. The number of aromatic hydroxyl groups is 1. The van der Waals surface area contributed by atoms with Gasteiger partial charge in [-0.1, -0.05) is 0 Å². The first-order valence-electron chi connectivity index (χ1n) is 6.96. The fraction of sp³-hybridized carbons (Fsp3) is 0.600. The van der Waals surface area contributed by atoms with Gasteiger partial charge in [-0.05, 0) is 54.4 Å². The van der Waals surface area contributed by atoms with Crippen LogP contribution in [0.2, 0.25) is 0 Å². The zero-order valence-electron chi connectivity index (χ0n) is 12.0. The quantitative estimate of drug-likeness (QED) is 0.792. The van der Waals surface area contributed by atoms with Gasteiger partial charge in [-0.25, -0.2) is 10.0 Å². The minimum absolute atomic E-state index is 0.0998. The van der Waals surface area contributed by atoms with Crippen LogP contribution in [0.3, 0.4) is 0 Å². The number of hydrogen-bond acceptors (Lipinski definition) is 4. The number of phenolic OH excluding ortho intramolecular Hbond substituents is 1. The summed E-state index contributed by atoms with van der Waals surface area (Å²) in [4.78, 5) is 1.20. The lowest BCUT2D eigenvalue weighted by Crippen LogP contribution is -2.29. The van der Waals surface area contributed by atoms with E-state index < -0.39 is 10.0 Å². The smallest absolute Gasteiger partial charge is 0.115 e. The normalized spacial score (nSPS) is 29.8. The molecule has 0 unspecified atom stereocenters. The number of thioether (sulfide) groups is 1. The fourth-order valence-electron chi connectivity index (χ4n) is 2.53. The molecule has 0 aromatic heterocycles. The van der Waals surface area contributed by atoms with E-state index >= 15 is 0 Å². The molecule has 5 heteroatoms.